The molecule has 0 aliphatic heterocycles. The summed E-state index contributed by atoms with van der Waals surface area (Å²) in [7, 11) is -3.87. The summed E-state index contributed by atoms with van der Waals surface area (Å²) in [6, 6.07) is 3.17. The van der Waals surface area contributed by atoms with Crippen LogP contribution in [-0.2, 0) is 14.8 Å². The Morgan fingerprint density at radius 2 is 2.16 bits per heavy atom. The van der Waals surface area contributed by atoms with Crippen LogP contribution in [0.4, 0.5) is 4.39 Å². The van der Waals surface area contributed by atoms with Crippen LogP contribution in [0.1, 0.15) is 13.3 Å². The number of nitrogens with one attached hydrogen (secondary N) is 1. The third-order valence-corrected chi connectivity index (χ3v) is 4.95. The van der Waals surface area contributed by atoms with E-state index in [4.69, 9.17) is 5.11 Å². The average molecular weight is 354 g/mol. The number of carboxylic acid groups (broad SMARTS) is 1. The van der Waals surface area contributed by atoms with Gasteiger partial charge in [-0.25, -0.2) is 17.5 Å². The van der Waals surface area contributed by atoms with E-state index in [1.54, 1.807) is 6.92 Å². The molecule has 0 spiro atoms. The largest absolute Gasteiger partial charge is 0.481 e. The first-order chi connectivity index (χ1) is 8.77. The van der Waals surface area contributed by atoms with Gasteiger partial charge in [-0.05, 0) is 40.5 Å². The molecule has 8 heteroatoms. The van der Waals surface area contributed by atoms with Crippen molar-refractivity contribution in [2.75, 3.05) is 6.54 Å². The number of sulfonamides is 1. The van der Waals surface area contributed by atoms with Gasteiger partial charge in [-0.1, -0.05) is 6.92 Å². The highest BCUT2D eigenvalue weighted by molar-refractivity contribution is 9.10. The first-order valence-electron chi connectivity index (χ1n) is 5.45. The van der Waals surface area contributed by atoms with Crippen LogP contribution in [0, 0.1) is 11.7 Å². The molecule has 0 amide bonds. The van der Waals surface area contributed by atoms with E-state index in [0.29, 0.717) is 6.42 Å². The second kappa shape index (κ2) is 6.44. The van der Waals surface area contributed by atoms with Crippen LogP contribution in [0.15, 0.2) is 27.6 Å². The van der Waals surface area contributed by atoms with Gasteiger partial charge in [-0.2, -0.15) is 0 Å². The summed E-state index contributed by atoms with van der Waals surface area (Å²) < 4.78 is 39.1. The molecule has 1 aromatic carbocycles. The van der Waals surface area contributed by atoms with Crippen LogP contribution >= 0.6 is 15.9 Å². The number of hydrogen-bond acceptors (Lipinski definition) is 3. The van der Waals surface area contributed by atoms with E-state index >= 15 is 0 Å². The normalized spacial score (nSPS) is 13.2. The molecule has 5 nitrogen and oxygen atoms in total. The van der Waals surface area contributed by atoms with Gasteiger partial charge in [-0.3, -0.25) is 4.79 Å². The molecule has 2 N–H and O–H groups in total. The quantitative estimate of drug-likeness (QED) is 0.818. The SMILES string of the molecule is CCC(CNS(=O)(=O)c1ccc(F)cc1Br)C(=O)O. The number of benzene rings is 1. The zero-order valence-corrected chi connectivity index (χ0v) is 12.5. The van der Waals surface area contributed by atoms with Crippen molar-refractivity contribution in [3.8, 4) is 0 Å². The molecule has 19 heavy (non-hydrogen) atoms. The van der Waals surface area contributed by atoms with Crippen molar-refractivity contribution in [2.24, 2.45) is 5.92 Å². The molecule has 1 rings (SSSR count). The minimum atomic E-state index is -3.87. The molecular formula is C11H13BrFNO4S. The lowest BCUT2D eigenvalue weighted by Crippen LogP contribution is -2.32. The minimum Gasteiger partial charge on any atom is -0.481 e. The fourth-order valence-corrected chi connectivity index (χ4v) is 3.52. The Morgan fingerprint density at radius 1 is 1.53 bits per heavy atom. The number of carbonyl (C=O) groups is 1. The zero-order chi connectivity index (χ0) is 14.6. The smallest absolute Gasteiger partial charge is 0.307 e. The van der Waals surface area contributed by atoms with Crippen LogP contribution < -0.4 is 4.72 Å². The molecule has 0 fully saturated rings. The second-order valence-electron chi connectivity index (χ2n) is 3.87. The average Bonchev–Trinajstić information content (AvgIpc) is 2.28. The highest BCUT2D eigenvalue weighted by Crippen LogP contribution is 2.22. The Morgan fingerprint density at radius 3 is 2.63 bits per heavy atom. The van der Waals surface area contributed by atoms with E-state index in [2.05, 4.69) is 20.7 Å². The van der Waals surface area contributed by atoms with E-state index in [1.165, 1.54) is 0 Å². The monoisotopic (exact) mass is 353 g/mol. The molecular weight excluding hydrogens is 341 g/mol. The number of halogens is 2. The molecule has 0 aromatic heterocycles. The van der Waals surface area contributed by atoms with Crippen molar-refractivity contribution in [1.29, 1.82) is 0 Å². The van der Waals surface area contributed by atoms with Crippen molar-refractivity contribution in [3.05, 3.63) is 28.5 Å². The Hall–Kier alpha value is -0.990. The third-order valence-electron chi connectivity index (χ3n) is 2.55. The minimum absolute atomic E-state index is 0.0865. The molecule has 1 unspecified atom stereocenters. The van der Waals surface area contributed by atoms with Gasteiger partial charge >= 0.3 is 5.97 Å². The molecule has 1 aromatic rings. The van der Waals surface area contributed by atoms with Gasteiger partial charge in [0, 0.05) is 11.0 Å². The lowest BCUT2D eigenvalue weighted by atomic mass is 10.1. The summed E-state index contributed by atoms with van der Waals surface area (Å²) in [4.78, 5) is 10.7. The van der Waals surface area contributed by atoms with Gasteiger partial charge in [0.05, 0.1) is 10.8 Å². The summed E-state index contributed by atoms with van der Waals surface area (Å²) in [5.41, 5.74) is 0. The van der Waals surface area contributed by atoms with Gasteiger partial charge in [-0.15, -0.1) is 0 Å². The molecule has 0 bridgehead atoms. The molecule has 0 aliphatic rings. The van der Waals surface area contributed by atoms with Crippen molar-refractivity contribution in [2.45, 2.75) is 18.2 Å². The van der Waals surface area contributed by atoms with Gasteiger partial charge in [0.1, 0.15) is 5.82 Å². The summed E-state index contributed by atoms with van der Waals surface area (Å²) >= 11 is 2.96. The molecule has 0 saturated heterocycles. The number of carboxylic acids is 1. The van der Waals surface area contributed by atoms with Crippen molar-refractivity contribution in [3.63, 3.8) is 0 Å². The maximum Gasteiger partial charge on any atom is 0.307 e. The molecule has 106 valence electrons. The summed E-state index contributed by atoms with van der Waals surface area (Å²) in [5.74, 6) is -2.43. The zero-order valence-electron chi connectivity index (χ0n) is 10.1. The van der Waals surface area contributed by atoms with E-state index in [-0.39, 0.29) is 15.9 Å². The third kappa shape index (κ3) is 4.26. The second-order valence-corrected chi connectivity index (χ2v) is 6.46. The maximum absolute atomic E-state index is 12.9. The molecule has 1 atom stereocenters. The first kappa shape index (κ1) is 16.1. The predicted molar refractivity (Wildman–Crippen MR) is 70.7 cm³/mol. The van der Waals surface area contributed by atoms with Crippen LogP contribution in [0.3, 0.4) is 0 Å². The van der Waals surface area contributed by atoms with Crippen LogP contribution in [0.5, 0.6) is 0 Å². The summed E-state index contributed by atoms with van der Waals surface area (Å²) in [6.45, 7) is 1.44. The Kier molecular flexibility index (Phi) is 5.45. The van der Waals surface area contributed by atoms with Crippen molar-refractivity contribution in [1.82, 2.24) is 4.72 Å². The van der Waals surface area contributed by atoms with Gasteiger partial charge in [0.2, 0.25) is 10.0 Å². The molecule has 0 radical (unpaired) electrons. The predicted octanol–water partition coefficient (Wildman–Crippen LogP) is 1.98. The fourth-order valence-electron chi connectivity index (χ4n) is 1.39. The molecule has 0 aliphatic carbocycles. The number of hydrogen-bond donors (Lipinski definition) is 2. The van der Waals surface area contributed by atoms with E-state index in [9.17, 15) is 17.6 Å². The number of rotatable bonds is 6. The van der Waals surface area contributed by atoms with Gasteiger partial charge < -0.3 is 5.11 Å². The lowest BCUT2D eigenvalue weighted by molar-refractivity contribution is -0.141. The topological polar surface area (TPSA) is 83.5 Å². The lowest BCUT2D eigenvalue weighted by Gasteiger charge is -2.12. The van der Waals surface area contributed by atoms with E-state index in [1.807, 2.05) is 0 Å². The number of aliphatic carboxylic acids is 1. The fraction of sp³-hybridized carbons (Fsp3) is 0.364. The van der Waals surface area contributed by atoms with Crippen LogP contribution in [0.25, 0.3) is 0 Å². The molecule has 0 saturated carbocycles. The molecule has 0 heterocycles. The summed E-state index contributed by atoms with van der Waals surface area (Å²) in [6.07, 6.45) is 0.308. The Bertz CT molecular complexity index is 576. The first-order valence-corrected chi connectivity index (χ1v) is 7.73. The van der Waals surface area contributed by atoms with Crippen molar-refractivity contribution < 1.29 is 22.7 Å². The van der Waals surface area contributed by atoms with Gasteiger partial charge in [0.15, 0.2) is 0 Å². The van der Waals surface area contributed by atoms with Crippen molar-refractivity contribution >= 4 is 31.9 Å². The van der Waals surface area contributed by atoms with Crippen LogP contribution in [-0.4, -0.2) is 26.0 Å². The standard InChI is InChI=1S/C11H13BrFNO4S/c1-2-7(11(15)16)6-14-19(17,18)10-4-3-8(13)5-9(10)12/h3-5,7,14H,2,6H2,1H3,(H,15,16). The maximum atomic E-state index is 12.9. The van der Waals surface area contributed by atoms with Gasteiger partial charge in [0.25, 0.3) is 0 Å². The Labute approximate surface area is 119 Å². The Balaban J connectivity index is 2.90. The van der Waals surface area contributed by atoms with Crippen LogP contribution in [0.2, 0.25) is 0 Å². The highest BCUT2D eigenvalue weighted by atomic mass is 79.9. The van der Waals surface area contributed by atoms with E-state index in [0.717, 1.165) is 18.2 Å². The van der Waals surface area contributed by atoms with E-state index < -0.39 is 27.7 Å². The summed E-state index contributed by atoms with van der Waals surface area (Å²) in [5, 5.41) is 8.84. The highest BCUT2D eigenvalue weighted by Gasteiger charge is 2.22.